The van der Waals surface area contributed by atoms with Crippen LogP contribution in [0.15, 0.2) is 0 Å². The van der Waals surface area contributed by atoms with Crippen molar-refractivity contribution in [3.05, 3.63) is 0 Å². The van der Waals surface area contributed by atoms with E-state index in [2.05, 4.69) is 0 Å². The number of aliphatic hydroxyl groups is 9. The molecule has 23 heavy (non-hydrogen) atoms. The molecule has 9 N–H and O–H groups in total. The summed E-state index contributed by atoms with van der Waals surface area (Å²) in [6.07, 6.45) is -16.4. The molecule has 2 heterocycles. The largest absolute Gasteiger partial charge is 0.394 e. The maximum Gasteiger partial charge on any atom is 0.189 e. The van der Waals surface area contributed by atoms with Crippen LogP contribution in [0.3, 0.4) is 0 Å². The highest BCUT2D eigenvalue weighted by molar-refractivity contribution is 5.10. The first kappa shape index (κ1) is 18.9. The molecular formula is C12H22O11. The van der Waals surface area contributed by atoms with Crippen LogP contribution in [0.4, 0.5) is 0 Å². The third-order valence-corrected chi connectivity index (χ3v) is 4.41. The fraction of sp³-hybridized carbons (Fsp3) is 1.00. The first-order valence-corrected chi connectivity index (χ1v) is 7.03. The molecule has 0 aromatic rings. The van der Waals surface area contributed by atoms with Crippen LogP contribution in [-0.4, -0.2) is 120 Å². The van der Waals surface area contributed by atoms with Crippen LogP contribution >= 0.6 is 0 Å². The Bertz CT molecular complexity index is 406. The van der Waals surface area contributed by atoms with Crippen molar-refractivity contribution in [2.45, 2.75) is 60.7 Å². The quantitative estimate of drug-likeness (QED) is 0.236. The Balaban J connectivity index is 2.33. The molecule has 0 radical (unpaired) electrons. The van der Waals surface area contributed by atoms with Gasteiger partial charge in [-0.2, -0.15) is 0 Å². The monoisotopic (exact) mass is 342 g/mol. The maximum absolute atomic E-state index is 10.6. The summed E-state index contributed by atoms with van der Waals surface area (Å²) in [5.74, 6) is 0. The highest BCUT2D eigenvalue weighted by Crippen LogP contribution is 2.38. The third-order valence-electron chi connectivity index (χ3n) is 4.41. The predicted molar refractivity (Wildman–Crippen MR) is 68.7 cm³/mol. The second kappa shape index (κ2) is 6.82. The molecule has 0 aromatic heterocycles. The summed E-state index contributed by atoms with van der Waals surface area (Å²) in [6.45, 7) is -1.55. The van der Waals surface area contributed by atoms with Crippen LogP contribution < -0.4 is 0 Å². The van der Waals surface area contributed by atoms with Gasteiger partial charge in [-0.3, -0.25) is 0 Å². The molecule has 136 valence electrons. The number of aliphatic hydroxyl groups excluding tert-OH is 8. The molecule has 2 rings (SSSR count). The van der Waals surface area contributed by atoms with E-state index < -0.39 is 73.9 Å². The van der Waals surface area contributed by atoms with Gasteiger partial charge in [0, 0.05) is 0 Å². The average Bonchev–Trinajstić information content (AvgIpc) is 2.54. The molecule has 2 aliphatic rings. The lowest BCUT2D eigenvalue weighted by molar-refractivity contribution is -0.378. The van der Waals surface area contributed by atoms with Crippen LogP contribution in [0.2, 0.25) is 0 Å². The van der Waals surface area contributed by atoms with Crippen LogP contribution in [0, 0.1) is 0 Å². The molecule has 0 saturated carbocycles. The molecule has 0 aliphatic carbocycles. The van der Waals surface area contributed by atoms with Gasteiger partial charge in [0.15, 0.2) is 11.9 Å². The van der Waals surface area contributed by atoms with Crippen molar-refractivity contribution in [3.63, 3.8) is 0 Å². The van der Waals surface area contributed by atoms with Crippen LogP contribution in [0.1, 0.15) is 0 Å². The molecule has 2 aliphatic heterocycles. The SMILES string of the molecule is OC[C@@H]1OC(O)[C@@](O)([C@H]2O[C@H](CO)[C@@H](O)[C@H](O)[C@@H]2O)[C@H](O)[C@H]1O. The molecule has 2 fully saturated rings. The number of hydrogen-bond donors (Lipinski definition) is 9. The summed E-state index contributed by atoms with van der Waals surface area (Å²) >= 11 is 0. The lowest BCUT2D eigenvalue weighted by atomic mass is 9.77. The van der Waals surface area contributed by atoms with Gasteiger partial charge in [-0.15, -0.1) is 0 Å². The van der Waals surface area contributed by atoms with E-state index in [9.17, 15) is 35.7 Å². The Morgan fingerprint density at radius 3 is 1.74 bits per heavy atom. The van der Waals surface area contributed by atoms with Crippen molar-refractivity contribution < 1.29 is 55.4 Å². The number of hydrogen-bond acceptors (Lipinski definition) is 11. The third kappa shape index (κ3) is 2.88. The topological polar surface area (TPSA) is 201 Å². The number of ether oxygens (including phenoxy) is 2. The first-order valence-electron chi connectivity index (χ1n) is 7.03. The maximum atomic E-state index is 10.6. The second-order valence-electron chi connectivity index (χ2n) is 5.78. The van der Waals surface area contributed by atoms with E-state index in [1.165, 1.54) is 0 Å². The second-order valence-corrected chi connectivity index (χ2v) is 5.78. The summed E-state index contributed by atoms with van der Waals surface area (Å²) in [6, 6.07) is 0. The van der Waals surface area contributed by atoms with Gasteiger partial charge >= 0.3 is 0 Å². The van der Waals surface area contributed by atoms with Crippen molar-refractivity contribution in [2.24, 2.45) is 0 Å². The highest BCUT2D eigenvalue weighted by atomic mass is 16.7. The molecular weight excluding hydrogens is 320 g/mol. The summed E-state index contributed by atoms with van der Waals surface area (Å²) in [5.41, 5.74) is -2.79. The molecule has 10 atom stereocenters. The zero-order valence-electron chi connectivity index (χ0n) is 12.0. The van der Waals surface area contributed by atoms with E-state index in [0.29, 0.717) is 0 Å². The molecule has 0 aromatic carbocycles. The van der Waals surface area contributed by atoms with Gasteiger partial charge in [0.1, 0.15) is 48.8 Å². The average molecular weight is 342 g/mol. The molecule has 0 amide bonds. The fourth-order valence-corrected chi connectivity index (χ4v) is 2.92. The van der Waals surface area contributed by atoms with Gasteiger partial charge in [-0.1, -0.05) is 0 Å². The Hall–Kier alpha value is -0.440. The van der Waals surface area contributed by atoms with Crippen LogP contribution in [0.5, 0.6) is 0 Å². The van der Waals surface area contributed by atoms with Gasteiger partial charge in [-0.25, -0.2) is 0 Å². The van der Waals surface area contributed by atoms with E-state index in [0.717, 1.165) is 0 Å². The van der Waals surface area contributed by atoms with E-state index in [1.807, 2.05) is 0 Å². The van der Waals surface area contributed by atoms with E-state index in [1.54, 1.807) is 0 Å². The smallest absolute Gasteiger partial charge is 0.189 e. The normalized spacial score (nSPS) is 54.9. The van der Waals surface area contributed by atoms with Crippen LogP contribution in [0.25, 0.3) is 0 Å². The van der Waals surface area contributed by atoms with Gasteiger partial charge in [0.2, 0.25) is 0 Å². The number of rotatable bonds is 3. The Morgan fingerprint density at radius 2 is 1.22 bits per heavy atom. The van der Waals surface area contributed by atoms with Crippen LogP contribution in [-0.2, 0) is 9.47 Å². The minimum atomic E-state index is -2.79. The Morgan fingerprint density at radius 1 is 0.696 bits per heavy atom. The lowest BCUT2D eigenvalue weighted by Gasteiger charge is -2.53. The molecule has 1 unspecified atom stereocenters. The zero-order chi connectivity index (χ0) is 17.5. The minimum Gasteiger partial charge on any atom is -0.394 e. The Labute approximate surface area is 130 Å². The summed E-state index contributed by atoms with van der Waals surface area (Å²) in [4.78, 5) is 0. The first-order chi connectivity index (χ1) is 10.7. The predicted octanol–water partition coefficient (Wildman–Crippen LogP) is -6.01. The Kier molecular flexibility index (Phi) is 5.60. The van der Waals surface area contributed by atoms with Gasteiger partial charge in [0.05, 0.1) is 13.2 Å². The molecule has 0 spiro atoms. The molecule has 0 bridgehead atoms. The lowest BCUT2D eigenvalue weighted by Crippen LogP contribution is -2.76. The van der Waals surface area contributed by atoms with Gasteiger partial charge in [-0.05, 0) is 0 Å². The highest BCUT2D eigenvalue weighted by Gasteiger charge is 2.63. The molecule has 2 saturated heterocycles. The van der Waals surface area contributed by atoms with Crippen molar-refractivity contribution in [2.75, 3.05) is 13.2 Å². The van der Waals surface area contributed by atoms with Crippen molar-refractivity contribution in [1.29, 1.82) is 0 Å². The van der Waals surface area contributed by atoms with Gasteiger partial charge < -0.3 is 55.4 Å². The van der Waals surface area contributed by atoms with Gasteiger partial charge in [0.25, 0.3) is 0 Å². The van der Waals surface area contributed by atoms with E-state index >= 15 is 0 Å². The van der Waals surface area contributed by atoms with Crippen molar-refractivity contribution >= 4 is 0 Å². The minimum absolute atomic E-state index is 0.764. The van der Waals surface area contributed by atoms with E-state index in [4.69, 9.17) is 19.7 Å². The van der Waals surface area contributed by atoms with Crippen molar-refractivity contribution in [3.8, 4) is 0 Å². The van der Waals surface area contributed by atoms with E-state index in [-0.39, 0.29) is 0 Å². The summed E-state index contributed by atoms with van der Waals surface area (Å²) in [5, 5.41) is 88.1. The summed E-state index contributed by atoms with van der Waals surface area (Å²) < 4.78 is 9.91. The molecule has 11 nitrogen and oxygen atoms in total. The van der Waals surface area contributed by atoms with Crippen molar-refractivity contribution in [1.82, 2.24) is 0 Å². The zero-order valence-corrected chi connectivity index (χ0v) is 12.0. The fourth-order valence-electron chi connectivity index (χ4n) is 2.92. The summed E-state index contributed by atoms with van der Waals surface area (Å²) in [7, 11) is 0. The molecule has 11 heteroatoms. The standard InChI is InChI=1S/C12H22O11/c13-1-3-5(15)7(17)8(18)10(22-3)12(21)9(19)6(16)4(2-14)23-11(12)20/h3-11,13-21H,1-2H2/t3-,4+,5-,6+,7+,8+,9-,10+,11?,12+/m1/s1.